The van der Waals surface area contributed by atoms with Crippen LogP contribution in [0.5, 0.6) is 0 Å². The number of carbonyl (C=O) groups excluding carboxylic acids is 1. The number of fused-ring (bicyclic) bond motifs is 1. The smallest absolute Gasteiger partial charge is 0.219 e. The summed E-state index contributed by atoms with van der Waals surface area (Å²) in [5.74, 6) is 2.15. The number of hydrogen-bond acceptors (Lipinski definition) is 6. The maximum absolute atomic E-state index is 11.8. The molecular weight excluding hydrogens is 330 g/mol. The Labute approximate surface area is 152 Å². The van der Waals surface area contributed by atoms with Crippen LogP contribution in [0.1, 0.15) is 24.6 Å². The van der Waals surface area contributed by atoms with E-state index < -0.39 is 0 Å². The first-order chi connectivity index (χ1) is 12.7. The molecule has 1 amide bonds. The van der Waals surface area contributed by atoms with Gasteiger partial charge in [-0.2, -0.15) is 0 Å². The summed E-state index contributed by atoms with van der Waals surface area (Å²) in [4.78, 5) is 27.2. The Bertz CT molecular complexity index is 790. The van der Waals surface area contributed by atoms with Crippen molar-refractivity contribution >= 4 is 11.7 Å². The minimum atomic E-state index is 0.0809. The minimum absolute atomic E-state index is 0.0809. The normalized spacial score (nSPS) is 19.3. The van der Waals surface area contributed by atoms with Crippen molar-refractivity contribution < 1.29 is 9.53 Å². The molecule has 0 unspecified atom stereocenters. The van der Waals surface area contributed by atoms with Crippen LogP contribution in [0.15, 0.2) is 24.5 Å². The highest BCUT2D eigenvalue weighted by Crippen LogP contribution is 2.27. The summed E-state index contributed by atoms with van der Waals surface area (Å²) in [6.45, 7) is 5.33. The minimum Gasteiger partial charge on any atom is -0.381 e. The van der Waals surface area contributed by atoms with E-state index >= 15 is 0 Å². The number of ether oxygens (including phenoxy) is 1. The van der Waals surface area contributed by atoms with Crippen molar-refractivity contribution in [2.45, 2.75) is 26.3 Å². The highest BCUT2D eigenvalue weighted by Gasteiger charge is 2.25. The quantitative estimate of drug-likeness (QED) is 0.904. The fourth-order valence-electron chi connectivity index (χ4n) is 3.46. The van der Waals surface area contributed by atoms with E-state index in [1.165, 1.54) is 0 Å². The van der Waals surface area contributed by atoms with Crippen LogP contribution < -0.4 is 5.32 Å². The Hall–Kier alpha value is -2.54. The molecule has 136 valence electrons. The number of rotatable bonds is 4. The fourth-order valence-corrected chi connectivity index (χ4v) is 3.46. The Morgan fingerprint density at radius 3 is 2.92 bits per heavy atom. The highest BCUT2D eigenvalue weighted by atomic mass is 16.5. The van der Waals surface area contributed by atoms with Gasteiger partial charge >= 0.3 is 0 Å². The van der Waals surface area contributed by atoms with Gasteiger partial charge in [0, 0.05) is 56.1 Å². The van der Waals surface area contributed by atoms with Crippen molar-refractivity contribution in [3.05, 3.63) is 35.8 Å². The monoisotopic (exact) mass is 353 g/mol. The van der Waals surface area contributed by atoms with Gasteiger partial charge in [0.05, 0.1) is 18.8 Å². The Morgan fingerprint density at radius 2 is 2.19 bits per heavy atom. The molecule has 2 aromatic heterocycles. The largest absolute Gasteiger partial charge is 0.381 e. The van der Waals surface area contributed by atoms with E-state index in [2.05, 4.69) is 10.3 Å². The summed E-state index contributed by atoms with van der Waals surface area (Å²) < 4.78 is 5.47. The molecule has 0 aromatic carbocycles. The van der Waals surface area contributed by atoms with E-state index in [1.807, 2.05) is 17.0 Å². The molecule has 1 fully saturated rings. The van der Waals surface area contributed by atoms with Crippen LogP contribution in [0.25, 0.3) is 11.4 Å². The summed E-state index contributed by atoms with van der Waals surface area (Å²) in [6, 6.07) is 3.81. The van der Waals surface area contributed by atoms with E-state index in [1.54, 1.807) is 19.3 Å². The number of nitrogens with zero attached hydrogens (tertiary/aromatic N) is 4. The van der Waals surface area contributed by atoms with E-state index in [9.17, 15) is 4.79 Å². The number of anilines is 1. The summed E-state index contributed by atoms with van der Waals surface area (Å²) in [6.07, 6.45) is 5.33. The van der Waals surface area contributed by atoms with Gasteiger partial charge in [0.15, 0.2) is 5.82 Å². The molecule has 26 heavy (non-hydrogen) atoms. The van der Waals surface area contributed by atoms with Gasteiger partial charge in [0.25, 0.3) is 0 Å². The van der Waals surface area contributed by atoms with Gasteiger partial charge in [-0.25, -0.2) is 9.97 Å². The van der Waals surface area contributed by atoms with Gasteiger partial charge in [-0.05, 0) is 25.0 Å². The number of hydrogen-bond donors (Lipinski definition) is 1. The van der Waals surface area contributed by atoms with Gasteiger partial charge in [-0.3, -0.25) is 9.78 Å². The molecule has 1 atom stereocenters. The molecule has 0 spiro atoms. The van der Waals surface area contributed by atoms with Crippen molar-refractivity contribution in [2.24, 2.45) is 5.92 Å². The zero-order valence-corrected chi connectivity index (χ0v) is 14.9. The summed E-state index contributed by atoms with van der Waals surface area (Å²) in [5, 5.41) is 3.52. The molecule has 7 heteroatoms. The van der Waals surface area contributed by atoms with Crippen LogP contribution in [-0.2, 0) is 22.5 Å². The second-order valence-electron chi connectivity index (χ2n) is 6.86. The first-order valence-electron chi connectivity index (χ1n) is 9.08. The molecule has 2 aliphatic heterocycles. The van der Waals surface area contributed by atoms with Crippen LogP contribution in [0, 0.1) is 5.92 Å². The van der Waals surface area contributed by atoms with Crippen LogP contribution >= 0.6 is 0 Å². The number of nitrogens with one attached hydrogen (secondary N) is 1. The molecule has 4 rings (SSSR count). The molecule has 4 heterocycles. The Morgan fingerprint density at radius 1 is 1.35 bits per heavy atom. The Kier molecular flexibility index (Phi) is 4.79. The van der Waals surface area contributed by atoms with Crippen LogP contribution in [0.4, 0.5) is 5.82 Å². The van der Waals surface area contributed by atoms with Crippen molar-refractivity contribution in [1.82, 2.24) is 19.9 Å². The maximum atomic E-state index is 11.8. The zero-order chi connectivity index (χ0) is 17.9. The van der Waals surface area contributed by atoms with Crippen molar-refractivity contribution in [1.29, 1.82) is 0 Å². The molecule has 0 saturated carbocycles. The molecule has 7 nitrogen and oxygen atoms in total. The topological polar surface area (TPSA) is 80.2 Å². The lowest BCUT2D eigenvalue weighted by Gasteiger charge is -2.29. The number of aromatic nitrogens is 3. The highest BCUT2D eigenvalue weighted by molar-refractivity contribution is 5.74. The van der Waals surface area contributed by atoms with Crippen LogP contribution in [0.3, 0.4) is 0 Å². The lowest BCUT2D eigenvalue weighted by molar-refractivity contribution is -0.129. The lowest BCUT2D eigenvalue weighted by atomic mass is 10.0. The number of amides is 1. The molecule has 1 saturated heterocycles. The summed E-state index contributed by atoms with van der Waals surface area (Å²) in [7, 11) is 0. The average molecular weight is 353 g/mol. The zero-order valence-electron chi connectivity index (χ0n) is 14.9. The lowest BCUT2D eigenvalue weighted by Crippen LogP contribution is -2.35. The van der Waals surface area contributed by atoms with Gasteiger partial charge in [0.2, 0.25) is 5.91 Å². The van der Waals surface area contributed by atoms with E-state index in [4.69, 9.17) is 14.7 Å². The van der Waals surface area contributed by atoms with Gasteiger partial charge in [-0.1, -0.05) is 0 Å². The predicted molar refractivity (Wildman–Crippen MR) is 97.5 cm³/mol. The van der Waals surface area contributed by atoms with E-state index in [0.717, 1.165) is 55.2 Å². The predicted octanol–water partition coefficient (Wildman–Crippen LogP) is 1.89. The first-order valence-corrected chi connectivity index (χ1v) is 9.08. The van der Waals surface area contributed by atoms with Crippen molar-refractivity contribution in [2.75, 3.05) is 31.6 Å². The molecule has 2 aliphatic rings. The van der Waals surface area contributed by atoms with Gasteiger partial charge < -0.3 is 15.0 Å². The van der Waals surface area contributed by atoms with E-state index in [0.29, 0.717) is 24.8 Å². The second kappa shape index (κ2) is 7.37. The molecule has 0 bridgehead atoms. The van der Waals surface area contributed by atoms with E-state index in [-0.39, 0.29) is 5.91 Å². The molecular formula is C19H23N5O2. The molecule has 0 aliphatic carbocycles. The van der Waals surface area contributed by atoms with Crippen LogP contribution in [-0.4, -0.2) is 52.1 Å². The number of carbonyl (C=O) groups is 1. The fraction of sp³-hybridized carbons (Fsp3) is 0.474. The third-order valence-corrected chi connectivity index (χ3v) is 5.03. The molecule has 2 aromatic rings. The third-order valence-electron chi connectivity index (χ3n) is 5.03. The third kappa shape index (κ3) is 3.53. The van der Waals surface area contributed by atoms with Crippen molar-refractivity contribution in [3.8, 4) is 11.4 Å². The maximum Gasteiger partial charge on any atom is 0.219 e. The SMILES string of the molecule is CC(=O)N1CCc2c(nc(-c3ccncc3)nc2NC[C@H]2CCOC2)C1. The second-order valence-corrected chi connectivity index (χ2v) is 6.86. The van der Waals surface area contributed by atoms with Crippen LogP contribution in [0.2, 0.25) is 0 Å². The first kappa shape index (κ1) is 16.9. The average Bonchev–Trinajstić information content (AvgIpc) is 3.19. The Balaban J connectivity index is 1.66. The molecule has 1 N–H and O–H groups in total. The van der Waals surface area contributed by atoms with Gasteiger partial charge in [0.1, 0.15) is 5.82 Å². The van der Waals surface area contributed by atoms with Gasteiger partial charge in [-0.15, -0.1) is 0 Å². The summed E-state index contributed by atoms with van der Waals surface area (Å²) in [5.41, 5.74) is 2.98. The molecule has 0 radical (unpaired) electrons. The summed E-state index contributed by atoms with van der Waals surface area (Å²) >= 11 is 0. The number of pyridine rings is 1. The standard InChI is InChI=1S/C19H23N5O2/c1-13(25)24-8-4-16-17(11-24)22-18(15-2-6-20-7-3-15)23-19(16)21-10-14-5-9-26-12-14/h2-3,6-7,14H,4-5,8-12H2,1H3,(H,21,22,23)/t14-/m1/s1. The van der Waals surface area contributed by atoms with Crippen molar-refractivity contribution in [3.63, 3.8) is 0 Å².